The SMILES string of the molecule is CCCCC/C=C/C/C=C/CCCCCCCC(=O)O[C@H](COC(=O)CCCCCCCCCCCCCCCCCCCC)COP(=O)(O)OCC[N+](C)(C)C. The van der Waals surface area contributed by atoms with Crippen LogP contribution in [0.4, 0.5) is 0 Å². The van der Waals surface area contributed by atoms with Crippen LogP contribution in [0.2, 0.25) is 0 Å². The molecule has 0 aromatic heterocycles. The number of nitrogens with zero attached hydrogens (tertiary/aromatic N) is 1. The number of unbranched alkanes of at least 4 members (excludes halogenated alkanes) is 25. The maximum absolute atomic E-state index is 12.7. The van der Waals surface area contributed by atoms with Crippen LogP contribution in [-0.2, 0) is 32.7 Å². The molecule has 0 saturated carbocycles. The van der Waals surface area contributed by atoms with Gasteiger partial charge in [0, 0.05) is 12.8 Å². The summed E-state index contributed by atoms with van der Waals surface area (Å²) in [5, 5.41) is 0. The van der Waals surface area contributed by atoms with Crippen LogP contribution in [0.3, 0.4) is 0 Å². The van der Waals surface area contributed by atoms with E-state index in [1.807, 2.05) is 21.1 Å². The Morgan fingerprint density at radius 3 is 1.42 bits per heavy atom. The molecule has 0 fully saturated rings. The zero-order valence-corrected chi connectivity index (χ0v) is 38.7. The Balaban J connectivity index is 4.30. The highest BCUT2D eigenvalue weighted by Gasteiger charge is 2.27. The minimum Gasteiger partial charge on any atom is -0.462 e. The first kappa shape index (κ1) is 55.5. The number of carbonyl (C=O) groups is 2. The molecule has 57 heavy (non-hydrogen) atoms. The first-order chi connectivity index (χ1) is 27.5. The van der Waals surface area contributed by atoms with Gasteiger partial charge in [-0.1, -0.05) is 179 Å². The van der Waals surface area contributed by atoms with E-state index in [2.05, 4.69) is 38.2 Å². The molecule has 0 radical (unpaired) electrons. The fourth-order valence-electron chi connectivity index (χ4n) is 6.52. The van der Waals surface area contributed by atoms with Gasteiger partial charge in [-0.3, -0.25) is 18.6 Å². The van der Waals surface area contributed by atoms with E-state index in [-0.39, 0.29) is 25.6 Å². The molecule has 0 spiro atoms. The Morgan fingerprint density at radius 1 is 0.544 bits per heavy atom. The maximum atomic E-state index is 12.7. The van der Waals surface area contributed by atoms with Crippen molar-refractivity contribution in [1.29, 1.82) is 0 Å². The van der Waals surface area contributed by atoms with Crippen molar-refractivity contribution in [2.45, 2.75) is 219 Å². The molecular formula is C47H91NO8P+. The van der Waals surface area contributed by atoms with Crippen LogP contribution in [0.25, 0.3) is 0 Å². The lowest BCUT2D eigenvalue weighted by molar-refractivity contribution is -0.870. The molecule has 0 aliphatic rings. The topological polar surface area (TPSA) is 108 Å². The van der Waals surface area contributed by atoms with E-state index in [0.29, 0.717) is 23.9 Å². The van der Waals surface area contributed by atoms with E-state index >= 15 is 0 Å². The third kappa shape index (κ3) is 43.9. The van der Waals surface area contributed by atoms with Gasteiger partial charge in [0.15, 0.2) is 6.10 Å². The Hall–Kier alpha value is -1.51. The summed E-state index contributed by atoms with van der Waals surface area (Å²) in [4.78, 5) is 35.4. The number of phosphoric acid groups is 1. The Bertz CT molecular complexity index is 1030. The number of esters is 2. The van der Waals surface area contributed by atoms with Gasteiger partial charge in [-0.2, -0.15) is 0 Å². The van der Waals surface area contributed by atoms with E-state index < -0.39 is 26.5 Å². The minimum absolute atomic E-state index is 0.0307. The standard InChI is InChI=1S/C47H90NO8P/c1-6-8-10-12-14-16-18-20-22-23-24-26-27-29-31-33-35-37-39-46(49)53-43-45(44-55-57(51,52)54-42-41-48(3,4)5)56-47(50)40-38-36-34-32-30-28-25-21-19-17-15-13-11-9-7-2/h15,17,21,25,45H,6-14,16,18-20,22-24,26-44H2,1-5H3/p+1/b17-15+,25-21+/t45-/m1/s1. The average molecular weight is 829 g/mol. The van der Waals surface area contributed by atoms with Crippen LogP contribution < -0.4 is 0 Å². The molecule has 0 aromatic rings. The molecule has 1 N–H and O–H groups in total. The van der Waals surface area contributed by atoms with Crippen molar-refractivity contribution in [3.8, 4) is 0 Å². The number of phosphoric ester groups is 1. The van der Waals surface area contributed by atoms with E-state index in [9.17, 15) is 19.0 Å². The average Bonchev–Trinajstić information content (AvgIpc) is 3.16. The summed E-state index contributed by atoms with van der Waals surface area (Å²) in [6.45, 7) is 4.41. The molecule has 0 bridgehead atoms. The number of carbonyl (C=O) groups excluding carboxylic acids is 2. The van der Waals surface area contributed by atoms with Crippen LogP contribution in [0.1, 0.15) is 213 Å². The van der Waals surface area contributed by atoms with Crippen molar-refractivity contribution in [3.05, 3.63) is 24.3 Å². The molecule has 0 amide bonds. The van der Waals surface area contributed by atoms with Crippen molar-refractivity contribution >= 4 is 19.8 Å². The van der Waals surface area contributed by atoms with Crippen LogP contribution in [-0.4, -0.2) is 74.9 Å². The monoisotopic (exact) mass is 829 g/mol. The second kappa shape index (κ2) is 39.9. The van der Waals surface area contributed by atoms with Gasteiger partial charge in [0.05, 0.1) is 27.7 Å². The van der Waals surface area contributed by atoms with Crippen molar-refractivity contribution in [2.24, 2.45) is 0 Å². The number of hydrogen-bond donors (Lipinski definition) is 1. The summed E-state index contributed by atoms with van der Waals surface area (Å²) < 4.78 is 34.4. The minimum atomic E-state index is -4.38. The van der Waals surface area contributed by atoms with E-state index in [1.165, 1.54) is 122 Å². The zero-order chi connectivity index (χ0) is 42.1. The number of quaternary nitrogens is 1. The summed E-state index contributed by atoms with van der Waals surface area (Å²) in [5.41, 5.74) is 0. The number of ether oxygens (including phenoxy) is 2. The summed E-state index contributed by atoms with van der Waals surface area (Å²) in [6, 6.07) is 0. The molecule has 0 aromatic carbocycles. The van der Waals surface area contributed by atoms with Crippen LogP contribution in [0.15, 0.2) is 24.3 Å². The van der Waals surface area contributed by atoms with Gasteiger partial charge in [0.1, 0.15) is 19.8 Å². The van der Waals surface area contributed by atoms with Crippen LogP contribution >= 0.6 is 7.82 Å². The molecule has 1 unspecified atom stereocenters. The van der Waals surface area contributed by atoms with Crippen molar-refractivity contribution in [2.75, 3.05) is 47.5 Å². The quantitative estimate of drug-likeness (QED) is 0.0213. The molecule has 2 atom stereocenters. The van der Waals surface area contributed by atoms with Crippen LogP contribution in [0.5, 0.6) is 0 Å². The van der Waals surface area contributed by atoms with Gasteiger partial charge >= 0.3 is 19.8 Å². The number of likely N-dealkylation sites (N-methyl/N-ethyl adjacent to an activating group) is 1. The zero-order valence-electron chi connectivity index (χ0n) is 37.8. The highest BCUT2D eigenvalue weighted by atomic mass is 31.2. The smallest absolute Gasteiger partial charge is 0.462 e. The second-order valence-electron chi connectivity index (χ2n) is 17.1. The number of hydrogen-bond acceptors (Lipinski definition) is 7. The first-order valence-electron chi connectivity index (χ1n) is 23.6. The van der Waals surface area contributed by atoms with Crippen molar-refractivity contribution in [1.82, 2.24) is 0 Å². The molecular weight excluding hydrogens is 737 g/mol. The molecule has 0 saturated heterocycles. The highest BCUT2D eigenvalue weighted by Crippen LogP contribution is 2.43. The molecule has 9 nitrogen and oxygen atoms in total. The summed E-state index contributed by atoms with van der Waals surface area (Å²) in [7, 11) is 1.47. The number of allylic oxidation sites excluding steroid dienone is 4. The van der Waals surface area contributed by atoms with Gasteiger partial charge in [-0.25, -0.2) is 4.57 Å². The fourth-order valence-corrected chi connectivity index (χ4v) is 7.26. The van der Waals surface area contributed by atoms with Gasteiger partial charge in [-0.05, 0) is 44.9 Å². The van der Waals surface area contributed by atoms with Gasteiger partial charge in [-0.15, -0.1) is 0 Å². The van der Waals surface area contributed by atoms with Crippen molar-refractivity contribution < 1.29 is 42.1 Å². The number of rotatable bonds is 43. The molecule has 0 aliphatic heterocycles. The third-order valence-corrected chi connectivity index (χ3v) is 11.2. The normalized spacial score (nSPS) is 13.7. The Kier molecular flexibility index (Phi) is 38.9. The molecule has 336 valence electrons. The predicted molar refractivity (Wildman–Crippen MR) is 238 cm³/mol. The van der Waals surface area contributed by atoms with Crippen molar-refractivity contribution in [3.63, 3.8) is 0 Å². The van der Waals surface area contributed by atoms with Gasteiger partial charge in [0.25, 0.3) is 0 Å². The van der Waals surface area contributed by atoms with Crippen LogP contribution in [0, 0.1) is 0 Å². The Labute approximate surface area is 351 Å². The lowest BCUT2D eigenvalue weighted by atomic mass is 10.0. The van der Waals surface area contributed by atoms with E-state index in [4.69, 9.17) is 18.5 Å². The maximum Gasteiger partial charge on any atom is 0.472 e. The lowest BCUT2D eigenvalue weighted by Crippen LogP contribution is -2.37. The fraction of sp³-hybridized carbons (Fsp3) is 0.872. The molecule has 10 heteroatoms. The predicted octanol–water partition coefficient (Wildman–Crippen LogP) is 13.5. The van der Waals surface area contributed by atoms with Gasteiger partial charge in [0.2, 0.25) is 0 Å². The van der Waals surface area contributed by atoms with E-state index in [1.54, 1.807) is 0 Å². The largest absolute Gasteiger partial charge is 0.472 e. The molecule has 0 heterocycles. The summed E-state index contributed by atoms with van der Waals surface area (Å²) in [6.07, 6.45) is 43.6. The summed E-state index contributed by atoms with van der Waals surface area (Å²) in [5.74, 6) is -0.805. The van der Waals surface area contributed by atoms with E-state index in [0.717, 1.165) is 57.8 Å². The third-order valence-electron chi connectivity index (χ3n) is 10.2. The highest BCUT2D eigenvalue weighted by molar-refractivity contribution is 7.47. The second-order valence-corrected chi connectivity index (χ2v) is 18.6. The van der Waals surface area contributed by atoms with Gasteiger partial charge < -0.3 is 18.9 Å². The lowest BCUT2D eigenvalue weighted by Gasteiger charge is -2.24. The molecule has 0 aliphatic carbocycles. The Morgan fingerprint density at radius 2 is 0.947 bits per heavy atom. The molecule has 0 rings (SSSR count). The first-order valence-corrected chi connectivity index (χ1v) is 25.1. The summed E-state index contributed by atoms with van der Waals surface area (Å²) >= 11 is 0.